The maximum Gasteiger partial charge on any atom is 0.266 e. The van der Waals surface area contributed by atoms with Crippen LogP contribution in [0.15, 0.2) is 59.4 Å². The number of carbonyl (C=O) groups excluding carboxylic acids is 1. The molecule has 0 unspecified atom stereocenters. The molecule has 8 nitrogen and oxygen atoms in total. The van der Waals surface area contributed by atoms with Crippen molar-refractivity contribution in [3.63, 3.8) is 0 Å². The molecule has 3 aromatic rings. The fraction of sp³-hybridized carbons (Fsp3) is 0.292. The van der Waals surface area contributed by atoms with E-state index >= 15 is 0 Å². The second-order valence-electron chi connectivity index (χ2n) is 8.35. The fourth-order valence-corrected chi connectivity index (χ4v) is 5.51. The highest BCUT2D eigenvalue weighted by Crippen LogP contribution is 2.20. The van der Waals surface area contributed by atoms with E-state index in [-0.39, 0.29) is 23.0 Å². The summed E-state index contributed by atoms with van der Waals surface area (Å²) >= 11 is 0. The fourth-order valence-electron chi connectivity index (χ4n) is 3.84. The predicted octanol–water partition coefficient (Wildman–Crippen LogP) is 2.57. The van der Waals surface area contributed by atoms with Crippen molar-refractivity contribution in [3.8, 4) is 11.4 Å². The van der Waals surface area contributed by atoms with Crippen LogP contribution >= 0.6 is 0 Å². The van der Waals surface area contributed by atoms with Crippen molar-refractivity contribution in [1.29, 1.82) is 0 Å². The van der Waals surface area contributed by atoms with Gasteiger partial charge in [-0.1, -0.05) is 12.6 Å². The lowest BCUT2D eigenvalue weighted by Gasteiger charge is -2.14. The number of benzene rings is 2. The molecule has 9 heteroatoms. The number of carbonyl (C=O) groups is 1. The number of ether oxygens (including phenoxy) is 1. The van der Waals surface area contributed by atoms with Gasteiger partial charge in [0.25, 0.3) is 11.5 Å². The van der Waals surface area contributed by atoms with Crippen LogP contribution in [0.2, 0.25) is 0 Å². The maximum atomic E-state index is 13.4. The zero-order chi connectivity index (χ0) is 23.8. The van der Waals surface area contributed by atoms with Gasteiger partial charge in [0, 0.05) is 11.6 Å². The van der Waals surface area contributed by atoms with Gasteiger partial charge < -0.3 is 10.1 Å². The molecule has 0 bridgehead atoms. The quantitative estimate of drug-likeness (QED) is 0.559. The van der Waals surface area contributed by atoms with Gasteiger partial charge >= 0.3 is 0 Å². The molecule has 2 aromatic carbocycles. The molecule has 0 saturated carbocycles. The Labute approximate surface area is 191 Å². The Hall–Kier alpha value is -3.46. The van der Waals surface area contributed by atoms with Gasteiger partial charge in [-0.2, -0.15) is 0 Å². The molecule has 1 saturated heterocycles. The van der Waals surface area contributed by atoms with E-state index in [2.05, 4.69) is 16.9 Å². The standard InChI is InChI=1S/C24H25N3O5S/c1-15(2)13-32-20-7-8-22-21(12-20)24(29)27(16(3)25-22)19-6-4-5-17(11-19)23(28)26-18-9-10-33(30,31)14-18/h4-8,11-12,18H,1,9-10,13-14H2,2-3H3,(H,26,28)/t18-/m1/s1. The number of rotatable bonds is 6. The molecule has 2 heterocycles. The molecular weight excluding hydrogens is 442 g/mol. The minimum atomic E-state index is -3.10. The number of hydrogen-bond acceptors (Lipinski definition) is 6. The number of sulfone groups is 1. The molecule has 0 radical (unpaired) electrons. The molecular formula is C24H25N3O5S. The Kier molecular flexibility index (Phi) is 6.07. The van der Waals surface area contributed by atoms with Crippen molar-refractivity contribution in [2.24, 2.45) is 0 Å². The van der Waals surface area contributed by atoms with E-state index in [4.69, 9.17) is 4.74 Å². The Bertz CT molecular complexity index is 1430. The highest BCUT2D eigenvalue weighted by molar-refractivity contribution is 7.91. The number of aromatic nitrogens is 2. The highest BCUT2D eigenvalue weighted by Gasteiger charge is 2.29. The summed E-state index contributed by atoms with van der Waals surface area (Å²) in [5, 5.41) is 3.17. The number of nitrogens with one attached hydrogen (secondary N) is 1. The van der Waals surface area contributed by atoms with E-state index in [0.29, 0.717) is 46.8 Å². The molecule has 1 amide bonds. The summed E-state index contributed by atoms with van der Waals surface area (Å²) in [6.45, 7) is 7.74. The Morgan fingerprint density at radius 2 is 2.06 bits per heavy atom. The number of aryl methyl sites for hydroxylation is 1. The van der Waals surface area contributed by atoms with Crippen LogP contribution in [0.1, 0.15) is 29.5 Å². The maximum absolute atomic E-state index is 13.4. The summed E-state index contributed by atoms with van der Waals surface area (Å²) in [6, 6.07) is 11.4. The normalized spacial score (nSPS) is 17.1. The van der Waals surface area contributed by atoms with Crippen LogP contribution in [0.3, 0.4) is 0 Å². The van der Waals surface area contributed by atoms with Gasteiger partial charge in [0.05, 0.1) is 28.1 Å². The minimum Gasteiger partial charge on any atom is -0.489 e. The number of fused-ring (bicyclic) bond motifs is 1. The minimum absolute atomic E-state index is 0.0542. The number of hydrogen-bond donors (Lipinski definition) is 1. The Balaban J connectivity index is 1.67. The van der Waals surface area contributed by atoms with Gasteiger partial charge in [-0.3, -0.25) is 14.2 Å². The second kappa shape index (κ2) is 8.82. The van der Waals surface area contributed by atoms with E-state index in [1.165, 1.54) is 4.57 Å². The lowest BCUT2D eigenvalue weighted by Crippen LogP contribution is -2.35. The van der Waals surface area contributed by atoms with Crippen LogP contribution < -0.4 is 15.6 Å². The van der Waals surface area contributed by atoms with Crippen LogP contribution in [-0.4, -0.2) is 48.0 Å². The summed E-state index contributed by atoms with van der Waals surface area (Å²) in [4.78, 5) is 30.6. The van der Waals surface area contributed by atoms with Gasteiger partial charge in [0.15, 0.2) is 9.84 Å². The molecule has 0 aliphatic carbocycles. The van der Waals surface area contributed by atoms with Crippen molar-refractivity contribution in [2.45, 2.75) is 26.3 Å². The molecule has 172 valence electrons. The molecule has 1 aromatic heterocycles. The summed E-state index contributed by atoms with van der Waals surface area (Å²) < 4.78 is 30.4. The Morgan fingerprint density at radius 1 is 1.27 bits per heavy atom. The third kappa shape index (κ3) is 4.98. The summed E-state index contributed by atoms with van der Waals surface area (Å²) in [7, 11) is -3.10. The largest absolute Gasteiger partial charge is 0.489 e. The van der Waals surface area contributed by atoms with E-state index in [9.17, 15) is 18.0 Å². The second-order valence-corrected chi connectivity index (χ2v) is 10.6. The van der Waals surface area contributed by atoms with E-state index in [1.807, 2.05) is 6.92 Å². The van der Waals surface area contributed by atoms with Crippen LogP contribution in [-0.2, 0) is 9.84 Å². The summed E-state index contributed by atoms with van der Waals surface area (Å²) in [6.07, 6.45) is 0.400. The van der Waals surface area contributed by atoms with Gasteiger partial charge in [0.2, 0.25) is 0 Å². The lowest BCUT2D eigenvalue weighted by atomic mass is 10.1. The average molecular weight is 468 g/mol. The van der Waals surface area contributed by atoms with Gasteiger partial charge in [-0.25, -0.2) is 13.4 Å². The highest BCUT2D eigenvalue weighted by atomic mass is 32.2. The van der Waals surface area contributed by atoms with E-state index < -0.39 is 15.9 Å². The zero-order valence-corrected chi connectivity index (χ0v) is 19.3. The molecule has 1 aliphatic rings. The summed E-state index contributed by atoms with van der Waals surface area (Å²) in [5.41, 5.74) is 1.96. The first-order valence-electron chi connectivity index (χ1n) is 10.6. The first-order chi connectivity index (χ1) is 15.6. The third-order valence-corrected chi connectivity index (χ3v) is 7.19. The van der Waals surface area contributed by atoms with Crippen LogP contribution in [0.25, 0.3) is 16.6 Å². The third-order valence-electron chi connectivity index (χ3n) is 5.43. The van der Waals surface area contributed by atoms with Crippen LogP contribution in [0, 0.1) is 6.92 Å². The van der Waals surface area contributed by atoms with E-state index in [0.717, 1.165) is 5.57 Å². The van der Waals surface area contributed by atoms with Crippen molar-refractivity contribution >= 4 is 26.6 Å². The van der Waals surface area contributed by atoms with Gasteiger partial charge in [0.1, 0.15) is 18.2 Å². The molecule has 1 aliphatic heterocycles. The molecule has 1 atom stereocenters. The molecule has 1 N–H and O–H groups in total. The molecule has 1 fully saturated rings. The first kappa shape index (κ1) is 22.7. The lowest BCUT2D eigenvalue weighted by molar-refractivity contribution is 0.0941. The molecule has 33 heavy (non-hydrogen) atoms. The number of amides is 1. The average Bonchev–Trinajstić information content (AvgIpc) is 3.10. The van der Waals surface area contributed by atoms with Gasteiger partial charge in [-0.05, 0) is 62.2 Å². The zero-order valence-electron chi connectivity index (χ0n) is 18.5. The first-order valence-corrected chi connectivity index (χ1v) is 12.4. The summed E-state index contributed by atoms with van der Waals surface area (Å²) in [5.74, 6) is 0.658. The molecule has 0 spiro atoms. The van der Waals surface area contributed by atoms with Crippen LogP contribution in [0.5, 0.6) is 5.75 Å². The molecule has 4 rings (SSSR count). The SMILES string of the molecule is C=C(C)COc1ccc2nc(C)n(-c3cccc(C(=O)N[C@@H]4CCS(=O)(=O)C4)c3)c(=O)c2c1. The topological polar surface area (TPSA) is 107 Å². The van der Waals surface area contributed by atoms with Crippen molar-refractivity contribution in [1.82, 2.24) is 14.9 Å². The van der Waals surface area contributed by atoms with Crippen molar-refractivity contribution in [2.75, 3.05) is 18.1 Å². The van der Waals surface area contributed by atoms with Crippen molar-refractivity contribution < 1.29 is 17.9 Å². The van der Waals surface area contributed by atoms with Crippen molar-refractivity contribution in [3.05, 3.63) is 76.4 Å². The monoisotopic (exact) mass is 467 g/mol. The van der Waals surface area contributed by atoms with Crippen LogP contribution in [0.4, 0.5) is 0 Å². The predicted molar refractivity (Wildman–Crippen MR) is 127 cm³/mol. The number of nitrogens with zero attached hydrogens (tertiary/aromatic N) is 2. The Morgan fingerprint density at radius 3 is 2.76 bits per heavy atom. The smallest absolute Gasteiger partial charge is 0.266 e. The van der Waals surface area contributed by atoms with Gasteiger partial charge in [-0.15, -0.1) is 0 Å². The van der Waals surface area contributed by atoms with E-state index in [1.54, 1.807) is 49.4 Å².